The van der Waals surface area contributed by atoms with Crippen LogP contribution in [0, 0.1) is 0 Å². The van der Waals surface area contributed by atoms with Crippen LogP contribution in [0.3, 0.4) is 0 Å². The van der Waals surface area contributed by atoms with E-state index in [1.54, 1.807) is 0 Å². The van der Waals surface area contributed by atoms with Gasteiger partial charge in [-0.05, 0) is 27.1 Å². The van der Waals surface area contributed by atoms with Crippen molar-refractivity contribution in [3.05, 3.63) is 5.82 Å². The van der Waals surface area contributed by atoms with Crippen molar-refractivity contribution in [3.8, 4) is 0 Å². The lowest BCUT2D eigenvalue weighted by Crippen LogP contribution is -2.13. The smallest absolute Gasteiger partial charge is 0.216 e. The molecule has 5 nitrogen and oxygen atoms in total. The summed E-state index contributed by atoms with van der Waals surface area (Å²) < 4.78 is 0. The Morgan fingerprint density at radius 2 is 2.25 bits per heavy atom. The molecule has 0 saturated carbocycles. The SMILES string of the molecule is CN(C)CCCc1n[nH]c(N)n1. The van der Waals surface area contributed by atoms with Gasteiger partial charge in [-0.2, -0.15) is 10.1 Å². The van der Waals surface area contributed by atoms with E-state index in [1.807, 2.05) is 14.1 Å². The van der Waals surface area contributed by atoms with E-state index in [0.717, 1.165) is 25.2 Å². The van der Waals surface area contributed by atoms with E-state index in [1.165, 1.54) is 0 Å². The van der Waals surface area contributed by atoms with Gasteiger partial charge in [0.2, 0.25) is 5.95 Å². The first-order valence-electron chi connectivity index (χ1n) is 4.00. The zero-order chi connectivity index (χ0) is 8.97. The van der Waals surface area contributed by atoms with E-state index in [2.05, 4.69) is 20.1 Å². The van der Waals surface area contributed by atoms with Gasteiger partial charge in [-0.1, -0.05) is 0 Å². The molecule has 0 aliphatic rings. The lowest BCUT2D eigenvalue weighted by Gasteiger charge is -2.06. The van der Waals surface area contributed by atoms with Gasteiger partial charge >= 0.3 is 0 Å². The summed E-state index contributed by atoms with van der Waals surface area (Å²) in [7, 11) is 4.10. The van der Waals surface area contributed by atoms with Crippen LogP contribution >= 0.6 is 0 Å². The lowest BCUT2D eigenvalue weighted by molar-refractivity contribution is 0.398. The highest BCUT2D eigenvalue weighted by Crippen LogP contribution is 1.97. The summed E-state index contributed by atoms with van der Waals surface area (Å²) in [5.74, 6) is 1.20. The second-order valence-corrected chi connectivity index (χ2v) is 3.04. The van der Waals surface area contributed by atoms with E-state index < -0.39 is 0 Å². The third-order valence-corrected chi connectivity index (χ3v) is 1.55. The van der Waals surface area contributed by atoms with Crippen LogP contribution in [-0.2, 0) is 6.42 Å². The Balaban J connectivity index is 2.24. The number of nitrogen functional groups attached to an aromatic ring is 1. The molecule has 0 fully saturated rings. The number of nitrogens with zero attached hydrogens (tertiary/aromatic N) is 3. The van der Waals surface area contributed by atoms with E-state index in [0.29, 0.717) is 5.95 Å². The van der Waals surface area contributed by atoms with Crippen molar-refractivity contribution in [2.24, 2.45) is 0 Å². The summed E-state index contributed by atoms with van der Waals surface area (Å²) in [6.45, 7) is 1.05. The first kappa shape index (κ1) is 8.99. The van der Waals surface area contributed by atoms with Gasteiger partial charge in [-0.3, -0.25) is 0 Å². The molecule has 0 aromatic carbocycles. The monoisotopic (exact) mass is 169 g/mol. The first-order valence-corrected chi connectivity index (χ1v) is 4.00. The molecule has 0 aliphatic carbocycles. The van der Waals surface area contributed by atoms with Crippen molar-refractivity contribution in [2.45, 2.75) is 12.8 Å². The Kier molecular flexibility index (Phi) is 3.04. The molecule has 0 unspecified atom stereocenters. The van der Waals surface area contributed by atoms with Gasteiger partial charge in [0.15, 0.2) is 5.82 Å². The van der Waals surface area contributed by atoms with Crippen LogP contribution in [0.4, 0.5) is 5.95 Å². The van der Waals surface area contributed by atoms with Crippen LogP contribution in [0.15, 0.2) is 0 Å². The molecule has 1 aromatic rings. The van der Waals surface area contributed by atoms with Gasteiger partial charge < -0.3 is 10.6 Å². The summed E-state index contributed by atoms with van der Waals surface area (Å²) in [5, 5.41) is 6.54. The number of nitrogens with one attached hydrogen (secondary N) is 1. The number of aryl methyl sites for hydroxylation is 1. The number of anilines is 1. The highest BCUT2D eigenvalue weighted by Gasteiger charge is 1.99. The zero-order valence-corrected chi connectivity index (χ0v) is 7.54. The number of rotatable bonds is 4. The topological polar surface area (TPSA) is 70.8 Å². The third kappa shape index (κ3) is 2.87. The quantitative estimate of drug-likeness (QED) is 0.659. The normalized spacial score (nSPS) is 10.9. The highest BCUT2D eigenvalue weighted by atomic mass is 15.3. The van der Waals surface area contributed by atoms with Crippen molar-refractivity contribution in [1.82, 2.24) is 20.1 Å². The van der Waals surface area contributed by atoms with Gasteiger partial charge in [-0.25, -0.2) is 5.10 Å². The van der Waals surface area contributed by atoms with Crippen LogP contribution < -0.4 is 5.73 Å². The maximum Gasteiger partial charge on any atom is 0.216 e. The van der Waals surface area contributed by atoms with Crippen LogP contribution in [0.2, 0.25) is 0 Å². The van der Waals surface area contributed by atoms with Crippen LogP contribution in [0.1, 0.15) is 12.2 Å². The number of nitrogens with two attached hydrogens (primary N) is 1. The molecule has 5 heteroatoms. The molecule has 1 rings (SSSR count). The molecule has 1 aromatic heterocycles. The molecule has 68 valence electrons. The number of H-pyrrole nitrogens is 1. The zero-order valence-electron chi connectivity index (χ0n) is 7.54. The van der Waals surface area contributed by atoms with Crippen molar-refractivity contribution in [2.75, 3.05) is 26.4 Å². The summed E-state index contributed by atoms with van der Waals surface area (Å²) in [4.78, 5) is 6.14. The van der Waals surface area contributed by atoms with Crippen LogP contribution in [-0.4, -0.2) is 40.7 Å². The van der Waals surface area contributed by atoms with Gasteiger partial charge in [0.05, 0.1) is 0 Å². The van der Waals surface area contributed by atoms with Crippen LogP contribution in [0.25, 0.3) is 0 Å². The van der Waals surface area contributed by atoms with Gasteiger partial charge in [0.1, 0.15) is 0 Å². The maximum absolute atomic E-state index is 5.37. The summed E-state index contributed by atoms with van der Waals surface area (Å²) in [6, 6.07) is 0. The molecule has 0 aliphatic heterocycles. The molecular formula is C7H15N5. The second kappa shape index (κ2) is 4.06. The fraction of sp³-hybridized carbons (Fsp3) is 0.714. The predicted molar refractivity (Wildman–Crippen MR) is 47.7 cm³/mol. The number of aromatic amines is 1. The molecule has 0 atom stereocenters. The summed E-state index contributed by atoms with van der Waals surface area (Å²) in [6.07, 6.45) is 1.94. The molecule has 12 heavy (non-hydrogen) atoms. The van der Waals surface area contributed by atoms with Gasteiger partial charge in [0.25, 0.3) is 0 Å². The summed E-state index contributed by atoms with van der Waals surface area (Å²) in [5.41, 5.74) is 5.37. The molecular weight excluding hydrogens is 154 g/mol. The first-order chi connectivity index (χ1) is 5.68. The van der Waals surface area contributed by atoms with Crippen LogP contribution in [0.5, 0.6) is 0 Å². The minimum Gasteiger partial charge on any atom is -0.368 e. The molecule has 1 heterocycles. The van der Waals surface area contributed by atoms with Crippen molar-refractivity contribution >= 4 is 5.95 Å². The highest BCUT2D eigenvalue weighted by molar-refractivity contribution is 5.12. The molecule has 0 bridgehead atoms. The third-order valence-electron chi connectivity index (χ3n) is 1.55. The average molecular weight is 169 g/mol. The molecule has 0 spiro atoms. The van der Waals surface area contributed by atoms with Crippen molar-refractivity contribution in [1.29, 1.82) is 0 Å². The molecule has 3 N–H and O–H groups in total. The lowest BCUT2D eigenvalue weighted by atomic mass is 10.3. The molecule has 0 radical (unpaired) electrons. The fourth-order valence-electron chi connectivity index (χ4n) is 0.976. The predicted octanol–water partition coefficient (Wildman–Crippen LogP) is -0.119. The number of hydrogen-bond donors (Lipinski definition) is 2. The van der Waals surface area contributed by atoms with Crippen molar-refractivity contribution < 1.29 is 0 Å². The van der Waals surface area contributed by atoms with E-state index >= 15 is 0 Å². The average Bonchev–Trinajstić information content (AvgIpc) is 2.35. The van der Waals surface area contributed by atoms with E-state index in [9.17, 15) is 0 Å². The molecule has 0 saturated heterocycles. The van der Waals surface area contributed by atoms with Gasteiger partial charge in [0, 0.05) is 6.42 Å². The van der Waals surface area contributed by atoms with Gasteiger partial charge in [-0.15, -0.1) is 0 Å². The second-order valence-electron chi connectivity index (χ2n) is 3.04. The fourth-order valence-corrected chi connectivity index (χ4v) is 0.976. The maximum atomic E-state index is 5.37. The van der Waals surface area contributed by atoms with E-state index in [4.69, 9.17) is 5.73 Å². The van der Waals surface area contributed by atoms with E-state index in [-0.39, 0.29) is 0 Å². The number of aromatic nitrogens is 3. The van der Waals surface area contributed by atoms with Crippen molar-refractivity contribution in [3.63, 3.8) is 0 Å². The Morgan fingerprint density at radius 3 is 2.75 bits per heavy atom. The minimum absolute atomic E-state index is 0.398. The minimum atomic E-state index is 0.398. The number of hydrogen-bond acceptors (Lipinski definition) is 4. The molecule has 0 amide bonds. The summed E-state index contributed by atoms with van der Waals surface area (Å²) >= 11 is 0. The Hall–Kier alpha value is -1.10. The Labute approximate surface area is 72.0 Å². The Morgan fingerprint density at radius 1 is 1.50 bits per heavy atom. The largest absolute Gasteiger partial charge is 0.368 e. The Bertz CT molecular complexity index is 229. The standard InChI is InChI=1S/C7H15N5/c1-12(2)5-3-4-6-9-7(8)11-10-6/h3-5H2,1-2H3,(H3,8,9,10,11).